The summed E-state index contributed by atoms with van der Waals surface area (Å²) in [5.41, 5.74) is 0.0395. The van der Waals surface area contributed by atoms with E-state index >= 15 is 0 Å². The highest BCUT2D eigenvalue weighted by atomic mass is 32.2. The molecule has 128 valence electrons. The number of rotatable bonds is 3. The van der Waals surface area contributed by atoms with Gasteiger partial charge < -0.3 is 4.90 Å². The fraction of sp³-hybridized carbons (Fsp3) is 0.400. The summed E-state index contributed by atoms with van der Waals surface area (Å²) in [6.45, 7) is 2.59. The lowest BCUT2D eigenvalue weighted by atomic mass is 10.2. The summed E-state index contributed by atoms with van der Waals surface area (Å²) >= 11 is 0. The number of piperazine rings is 1. The summed E-state index contributed by atoms with van der Waals surface area (Å²) in [5, 5.41) is 0. The normalized spacial score (nSPS) is 16.5. The number of fused-ring (bicyclic) bond motifs is 1. The van der Waals surface area contributed by atoms with E-state index in [1.54, 1.807) is 31.3 Å². The number of hydrogen-bond donors (Lipinski definition) is 0. The molecular formula is C15H18N4O4S. The minimum Gasteiger partial charge on any atom is -0.336 e. The number of aromatic nitrogens is 2. The average Bonchev–Trinajstić information content (AvgIpc) is 2.62. The van der Waals surface area contributed by atoms with Gasteiger partial charge in [0.25, 0.3) is 11.5 Å². The predicted octanol–water partition coefficient (Wildman–Crippen LogP) is -0.198. The van der Waals surface area contributed by atoms with Crippen LogP contribution in [0.2, 0.25) is 0 Å². The van der Waals surface area contributed by atoms with Crippen molar-refractivity contribution in [3.63, 3.8) is 0 Å². The molecule has 1 fully saturated rings. The number of carbonyl (C=O) groups is 1. The number of carbonyl (C=O) groups excluding carboxylic acids is 1. The summed E-state index contributed by atoms with van der Waals surface area (Å²) in [7, 11) is -3.25. The van der Waals surface area contributed by atoms with E-state index in [9.17, 15) is 18.0 Å². The Morgan fingerprint density at radius 3 is 2.58 bits per heavy atom. The van der Waals surface area contributed by atoms with Crippen LogP contribution in [0.1, 0.15) is 17.3 Å². The minimum atomic E-state index is -3.25. The molecule has 3 rings (SSSR count). The molecule has 1 aliphatic rings. The van der Waals surface area contributed by atoms with Gasteiger partial charge in [-0.3, -0.25) is 14.0 Å². The van der Waals surface area contributed by atoms with Gasteiger partial charge in [0.15, 0.2) is 0 Å². The highest BCUT2D eigenvalue weighted by Crippen LogP contribution is 2.10. The van der Waals surface area contributed by atoms with Crippen molar-refractivity contribution in [3.8, 4) is 0 Å². The van der Waals surface area contributed by atoms with Crippen LogP contribution in [0, 0.1) is 0 Å². The molecule has 0 N–H and O–H groups in total. The molecule has 1 aliphatic heterocycles. The van der Waals surface area contributed by atoms with Crippen LogP contribution >= 0.6 is 0 Å². The highest BCUT2D eigenvalue weighted by molar-refractivity contribution is 7.89. The van der Waals surface area contributed by atoms with Gasteiger partial charge in [-0.25, -0.2) is 13.4 Å². The van der Waals surface area contributed by atoms with Crippen LogP contribution in [0.4, 0.5) is 0 Å². The Morgan fingerprint density at radius 1 is 1.21 bits per heavy atom. The van der Waals surface area contributed by atoms with Crippen LogP contribution in [0.5, 0.6) is 0 Å². The second-order valence-corrected chi connectivity index (χ2v) is 7.76. The zero-order valence-electron chi connectivity index (χ0n) is 13.3. The van der Waals surface area contributed by atoms with Gasteiger partial charge in [-0.1, -0.05) is 6.07 Å². The monoisotopic (exact) mass is 350 g/mol. The van der Waals surface area contributed by atoms with Crippen molar-refractivity contribution in [2.45, 2.75) is 6.92 Å². The van der Waals surface area contributed by atoms with Gasteiger partial charge in [0.05, 0.1) is 5.75 Å². The SMILES string of the molecule is CCS(=O)(=O)N1CCN(C(=O)c2cnc3ccccn3c2=O)CC1. The van der Waals surface area contributed by atoms with Crippen molar-refractivity contribution in [2.24, 2.45) is 0 Å². The van der Waals surface area contributed by atoms with E-state index in [1.807, 2.05) is 0 Å². The molecule has 8 nitrogen and oxygen atoms in total. The van der Waals surface area contributed by atoms with E-state index in [0.29, 0.717) is 5.65 Å². The molecule has 1 saturated heterocycles. The maximum atomic E-state index is 12.6. The van der Waals surface area contributed by atoms with E-state index in [4.69, 9.17) is 0 Å². The van der Waals surface area contributed by atoms with E-state index < -0.39 is 21.5 Å². The molecular weight excluding hydrogens is 332 g/mol. The molecule has 0 saturated carbocycles. The standard InChI is InChI=1S/C15H18N4O4S/c1-2-24(22,23)18-9-7-17(8-10-18)14(20)12-11-16-13-5-3-4-6-19(13)15(12)21/h3-6,11H,2,7-10H2,1H3. The summed E-state index contributed by atoms with van der Waals surface area (Å²) in [5.74, 6) is -0.379. The maximum Gasteiger partial charge on any atom is 0.270 e. The summed E-state index contributed by atoms with van der Waals surface area (Å²) in [6, 6.07) is 5.14. The predicted molar refractivity (Wildman–Crippen MR) is 88.4 cm³/mol. The van der Waals surface area contributed by atoms with Crippen molar-refractivity contribution >= 4 is 21.6 Å². The fourth-order valence-corrected chi connectivity index (χ4v) is 3.78. The second kappa shape index (κ2) is 6.33. The third-order valence-corrected chi connectivity index (χ3v) is 6.01. The number of amides is 1. The van der Waals surface area contributed by atoms with Crippen molar-refractivity contribution in [2.75, 3.05) is 31.9 Å². The first-order chi connectivity index (χ1) is 11.4. The second-order valence-electron chi connectivity index (χ2n) is 5.50. The Morgan fingerprint density at radius 2 is 1.92 bits per heavy atom. The summed E-state index contributed by atoms with van der Waals surface area (Å²) < 4.78 is 26.4. The Balaban J connectivity index is 1.82. The number of pyridine rings is 1. The van der Waals surface area contributed by atoms with E-state index in [2.05, 4.69) is 4.98 Å². The maximum absolute atomic E-state index is 12.6. The van der Waals surface area contributed by atoms with Gasteiger partial charge in [0, 0.05) is 38.6 Å². The van der Waals surface area contributed by atoms with Gasteiger partial charge >= 0.3 is 0 Å². The topological polar surface area (TPSA) is 92.1 Å². The first kappa shape index (κ1) is 16.6. The number of hydrogen-bond acceptors (Lipinski definition) is 5. The average molecular weight is 350 g/mol. The molecule has 0 atom stereocenters. The van der Waals surface area contributed by atoms with Crippen molar-refractivity contribution in [1.82, 2.24) is 18.6 Å². The van der Waals surface area contributed by atoms with E-state index in [1.165, 1.54) is 19.8 Å². The van der Waals surface area contributed by atoms with Crippen LogP contribution in [0.3, 0.4) is 0 Å². The van der Waals surface area contributed by atoms with Crippen molar-refractivity contribution in [3.05, 3.63) is 46.5 Å². The lowest BCUT2D eigenvalue weighted by molar-refractivity contribution is 0.0695. The van der Waals surface area contributed by atoms with Crippen LogP contribution < -0.4 is 5.56 Å². The van der Waals surface area contributed by atoms with Gasteiger partial charge in [0.1, 0.15) is 11.2 Å². The van der Waals surface area contributed by atoms with E-state index in [0.717, 1.165) is 0 Å². The molecule has 0 spiro atoms. The Labute approximate surface area is 139 Å². The van der Waals surface area contributed by atoms with Crippen LogP contribution in [-0.4, -0.2) is 64.8 Å². The molecule has 2 aromatic heterocycles. The van der Waals surface area contributed by atoms with Crippen LogP contribution in [0.15, 0.2) is 35.4 Å². The molecule has 0 radical (unpaired) electrons. The van der Waals surface area contributed by atoms with Gasteiger partial charge in [-0.2, -0.15) is 4.31 Å². The molecule has 3 heterocycles. The molecule has 24 heavy (non-hydrogen) atoms. The van der Waals surface area contributed by atoms with Crippen molar-refractivity contribution < 1.29 is 13.2 Å². The quantitative estimate of drug-likeness (QED) is 0.765. The van der Waals surface area contributed by atoms with Crippen LogP contribution in [0.25, 0.3) is 5.65 Å². The number of nitrogens with zero attached hydrogens (tertiary/aromatic N) is 4. The molecule has 0 bridgehead atoms. The van der Waals surface area contributed by atoms with Gasteiger partial charge in [0.2, 0.25) is 10.0 Å². The number of sulfonamides is 1. The Bertz CT molecular complexity index is 930. The van der Waals surface area contributed by atoms with E-state index in [-0.39, 0.29) is 37.5 Å². The summed E-state index contributed by atoms with van der Waals surface area (Å²) in [4.78, 5) is 30.7. The highest BCUT2D eigenvalue weighted by Gasteiger charge is 2.29. The fourth-order valence-electron chi connectivity index (χ4n) is 2.70. The molecule has 2 aromatic rings. The third kappa shape index (κ3) is 2.92. The minimum absolute atomic E-state index is 0.00880. The molecule has 0 aromatic carbocycles. The Kier molecular flexibility index (Phi) is 4.37. The molecule has 9 heteroatoms. The largest absolute Gasteiger partial charge is 0.336 e. The summed E-state index contributed by atoms with van der Waals surface area (Å²) in [6.07, 6.45) is 2.85. The lowest BCUT2D eigenvalue weighted by Crippen LogP contribution is -2.51. The molecule has 0 unspecified atom stereocenters. The van der Waals surface area contributed by atoms with Crippen LogP contribution in [-0.2, 0) is 10.0 Å². The first-order valence-electron chi connectivity index (χ1n) is 7.67. The lowest BCUT2D eigenvalue weighted by Gasteiger charge is -2.33. The van der Waals surface area contributed by atoms with Crippen molar-refractivity contribution in [1.29, 1.82) is 0 Å². The first-order valence-corrected chi connectivity index (χ1v) is 9.28. The smallest absolute Gasteiger partial charge is 0.270 e. The Hall–Kier alpha value is -2.26. The molecule has 1 amide bonds. The molecule has 0 aliphatic carbocycles. The van der Waals surface area contributed by atoms with Gasteiger partial charge in [-0.05, 0) is 19.1 Å². The van der Waals surface area contributed by atoms with Gasteiger partial charge in [-0.15, -0.1) is 0 Å². The zero-order valence-corrected chi connectivity index (χ0v) is 14.1. The third-order valence-electron chi connectivity index (χ3n) is 4.13. The zero-order chi connectivity index (χ0) is 17.3.